The van der Waals surface area contributed by atoms with Crippen LogP contribution in [0.25, 0.3) is 11.3 Å². The number of aromatic nitrogens is 1. The Kier molecular flexibility index (Phi) is 4.63. The van der Waals surface area contributed by atoms with Crippen molar-refractivity contribution < 1.29 is 9.21 Å². The number of amides is 2. The highest BCUT2D eigenvalue weighted by molar-refractivity contribution is 6.30. The van der Waals surface area contributed by atoms with E-state index in [2.05, 4.69) is 15.2 Å². The summed E-state index contributed by atoms with van der Waals surface area (Å²) in [6.45, 7) is 4.09. The van der Waals surface area contributed by atoms with Crippen molar-refractivity contribution in [2.24, 2.45) is 0 Å². The molecule has 0 saturated carbocycles. The quantitative estimate of drug-likeness (QED) is 0.910. The van der Waals surface area contributed by atoms with Gasteiger partial charge < -0.3 is 14.6 Å². The standard InChI is InChI=1S/C18H21ClN4O2/c19-14-5-3-13(4-6-14)16-10-21-17(25-16)12-22-8-1-2-15(11-22)23-9-7-20-18(23)24/h3-6,10,15H,1-2,7-9,11-12H2,(H,20,24). The van der Waals surface area contributed by atoms with Gasteiger partial charge >= 0.3 is 6.03 Å². The molecule has 2 aliphatic rings. The number of piperidine rings is 1. The van der Waals surface area contributed by atoms with Gasteiger partial charge in [-0.05, 0) is 43.7 Å². The highest BCUT2D eigenvalue weighted by atomic mass is 35.5. The highest BCUT2D eigenvalue weighted by Crippen LogP contribution is 2.24. The van der Waals surface area contributed by atoms with Crippen LogP contribution in [0.1, 0.15) is 18.7 Å². The molecule has 2 fully saturated rings. The van der Waals surface area contributed by atoms with Crippen LogP contribution in [0.3, 0.4) is 0 Å². The Hall–Kier alpha value is -2.05. The van der Waals surface area contributed by atoms with Crippen molar-refractivity contribution in [3.05, 3.63) is 41.4 Å². The lowest BCUT2D eigenvalue weighted by atomic mass is 10.0. The fraction of sp³-hybridized carbons (Fsp3) is 0.444. The molecule has 0 radical (unpaired) electrons. The number of hydrogen-bond acceptors (Lipinski definition) is 4. The Balaban J connectivity index is 1.40. The van der Waals surface area contributed by atoms with E-state index in [1.165, 1.54) is 0 Å². The van der Waals surface area contributed by atoms with Crippen LogP contribution >= 0.6 is 11.6 Å². The third-order valence-corrected chi connectivity index (χ3v) is 5.10. The summed E-state index contributed by atoms with van der Waals surface area (Å²) in [7, 11) is 0. The molecular weight excluding hydrogens is 340 g/mol. The van der Waals surface area contributed by atoms with Crippen LogP contribution in [0.2, 0.25) is 5.02 Å². The van der Waals surface area contributed by atoms with Crippen LogP contribution in [0.15, 0.2) is 34.9 Å². The van der Waals surface area contributed by atoms with Gasteiger partial charge in [-0.15, -0.1) is 0 Å². The normalized spacial score (nSPS) is 21.6. The lowest BCUT2D eigenvalue weighted by Crippen LogP contribution is -2.48. The van der Waals surface area contributed by atoms with Crippen LogP contribution in [0, 0.1) is 0 Å². The first-order chi connectivity index (χ1) is 12.2. The summed E-state index contributed by atoms with van der Waals surface area (Å²) in [4.78, 5) is 20.6. The highest BCUT2D eigenvalue weighted by Gasteiger charge is 2.31. The van der Waals surface area contributed by atoms with Gasteiger partial charge in [-0.2, -0.15) is 0 Å². The van der Waals surface area contributed by atoms with E-state index in [9.17, 15) is 4.79 Å². The van der Waals surface area contributed by atoms with Crippen molar-refractivity contribution in [1.29, 1.82) is 0 Å². The van der Waals surface area contributed by atoms with E-state index >= 15 is 0 Å². The Morgan fingerprint density at radius 1 is 1.28 bits per heavy atom. The summed E-state index contributed by atoms with van der Waals surface area (Å²) >= 11 is 5.93. The van der Waals surface area contributed by atoms with Gasteiger partial charge in [0.25, 0.3) is 0 Å². The zero-order valence-electron chi connectivity index (χ0n) is 13.9. The number of nitrogens with one attached hydrogen (secondary N) is 1. The molecule has 7 heteroatoms. The predicted octanol–water partition coefficient (Wildman–Crippen LogP) is 2.98. The lowest BCUT2D eigenvalue weighted by molar-refractivity contribution is 0.115. The molecule has 132 valence electrons. The van der Waals surface area contributed by atoms with Crippen molar-refractivity contribution in [1.82, 2.24) is 20.1 Å². The van der Waals surface area contributed by atoms with Gasteiger partial charge in [0.1, 0.15) is 0 Å². The number of carbonyl (C=O) groups excluding carboxylic acids is 1. The van der Waals surface area contributed by atoms with Gasteiger partial charge in [-0.3, -0.25) is 4.90 Å². The van der Waals surface area contributed by atoms with Gasteiger partial charge in [-0.25, -0.2) is 9.78 Å². The van der Waals surface area contributed by atoms with E-state index in [-0.39, 0.29) is 12.1 Å². The van der Waals surface area contributed by atoms with Crippen molar-refractivity contribution >= 4 is 17.6 Å². The number of urea groups is 1. The number of halogens is 1. The number of carbonyl (C=O) groups is 1. The van der Waals surface area contributed by atoms with Crippen LogP contribution < -0.4 is 5.32 Å². The number of likely N-dealkylation sites (tertiary alicyclic amines) is 1. The van der Waals surface area contributed by atoms with E-state index in [0.29, 0.717) is 17.5 Å². The van der Waals surface area contributed by atoms with Crippen molar-refractivity contribution in [3.8, 4) is 11.3 Å². The Bertz CT molecular complexity index is 746. The fourth-order valence-electron chi connectivity index (χ4n) is 3.59. The largest absolute Gasteiger partial charge is 0.439 e. The first kappa shape index (κ1) is 16.4. The summed E-state index contributed by atoms with van der Waals surface area (Å²) < 4.78 is 5.91. The van der Waals surface area contributed by atoms with Gasteiger partial charge in [0.2, 0.25) is 5.89 Å². The molecule has 1 N–H and O–H groups in total. The minimum absolute atomic E-state index is 0.0630. The number of nitrogens with zero attached hydrogens (tertiary/aromatic N) is 3. The zero-order chi connectivity index (χ0) is 17.2. The number of oxazole rings is 1. The molecule has 1 atom stereocenters. The topological polar surface area (TPSA) is 61.6 Å². The molecule has 6 nitrogen and oxygen atoms in total. The van der Waals surface area contributed by atoms with Gasteiger partial charge in [-0.1, -0.05) is 11.6 Å². The smallest absolute Gasteiger partial charge is 0.317 e. The zero-order valence-corrected chi connectivity index (χ0v) is 14.7. The SMILES string of the molecule is O=C1NCCN1C1CCCN(Cc2ncc(-c3ccc(Cl)cc3)o2)C1. The molecule has 0 aliphatic carbocycles. The molecular formula is C18H21ClN4O2. The molecule has 4 rings (SSSR count). The Morgan fingerprint density at radius 2 is 2.12 bits per heavy atom. The first-order valence-corrected chi connectivity index (χ1v) is 9.04. The van der Waals surface area contributed by atoms with Crippen LogP contribution in [-0.2, 0) is 6.54 Å². The Morgan fingerprint density at radius 3 is 2.88 bits per heavy atom. The minimum atomic E-state index is 0.0630. The van der Waals surface area contributed by atoms with Gasteiger partial charge in [0.05, 0.1) is 12.7 Å². The second kappa shape index (κ2) is 7.06. The molecule has 2 amide bonds. The molecule has 0 bridgehead atoms. The maximum Gasteiger partial charge on any atom is 0.317 e. The second-order valence-electron chi connectivity index (χ2n) is 6.58. The molecule has 3 heterocycles. The molecule has 1 unspecified atom stereocenters. The maximum absolute atomic E-state index is 11.9. The average molecular weight is 361 g/mol. The van der Waals surface area contributed by atoms with E-state index in [1.807, 2.05) is 29.2 Å². The lowest BCUT2D eigenvalue weighted by Gasteiger charge is -2.36. The summed E-state index contributed by atoms with van der Waals surface area (Å²) in [5.41, 5.74) is 0.966. The molecule has 1 aromatic carbocycles. The summed E-state index contributed by atoms with van der Waals surface area (Å²) in [5, 5.41) is 3.59. The van der Waals surface area contributed by atoms with Gasteiger partial charge in [0, 0.05) is 36.3 Å². The van der Waals surface area contributed by atoms with Gasteiger partial charge in [0.15, 0.2) is 5.76 Å². The van der Waals surface area contributed by atoms with Crippen molar-refractivity contribution in [3.63, 3.8) is 0 Å². The third-order valence-electron chi connectivity index (χ3n) is 4.85. The molecule has 1 aromatic heterocycles. The van der Waals surface area contributed by atoms with Crippen molar-refractivity contribution in [2.75, 3.05) is 26.2 Å². The summed E-state index contributed by atoms with van der Waals surface area (Å²) in [6, 6.07) is 7.88. The minimum Gasteiger partial charge on any atom is -0.439 e. The first-order valence-electron chi connectivity index (χ1n) is 8.66. The monoisotopic (exact) mass is 360 g/mol. The van der Waals surface area contributed by atoms with Crippen LogP contribution in [0.5, 0.6) is 0 Å². The molecule has 2 aromatic rings. The third kappa shape index (κ3) is 3.65. The summed E-state index contributed by atoms with van der Waals surface area (Å²) in [6.07, 6.45) is 3.90. The molecule has 2 aliphatic heterocycles. The fourth-order valence-corrected chi connectivity index (χ4v) is 3.71. The number of benzene rings is 1. The molecule has 2 saturated heterocycles. The average Bonchev–Trinajstić information content (AvgIpc) is 3.25. The van der Waals surface area contributed by atoms with E-state index in [1.54, 1.807) is 6.20 Å². The Labute approximate surface area is 151 Å². The maximum atomic E-state index is 11.9. The van der Waals surface area contributed by atoms with E-state index in [0.717, 1.165) is 50.3 Å². The molecule has 0 spiro atoms. The second-order valence-corrected chi connectivity index (χ2v) is 7.02. The predicted molar refractivity (Wildman–Crippen MR) is 95.4 cm³/mol. The van der Waals surface area contributed by atoms with Crippen molar-refractivity contribution in [2.45, 2.75) is 25.4 Å². The summed E-state index contributed by atoms with van der Waals surface area (Å²) in [5.74, 6) is 1.45. The van der Waals surface area contributed by atoms with E-state index in [4.69, 9.17) is 16.0 Å². The van der Waals surface area contributed by atoms with Crippen LogP contribution in [0.4, 0.5) is 4.79 Å². The van der Waals surface area contributed by atoms with Crippen LogP contribution in [-0.4, -0.2) is 53.0 Å². The number of rotatable bonds is 4. The number of hydrogen-bond donors (Lipinski definition) is 1. The molecule has 25 heavy (non-hydrogen) atoms. The van der Waals surface area contributed by atoms with E-state index < -0.39 is 0 Å².